The van der Waals surface area contributed by atoms with Gasteiger partial charge in [-0.15, -0.1) is 11.8 Å². The quantitative estimate of drug-likeness (QED) is 0.770. The molecule has 0 aliphatic carbocycles. The molecule has 0 saturated heterocycles. The fourth-order valence-corrected chi connectivity index (χ4v) is 2.77. The third-order valence-electron chi connectivity index (χ3n) is 3.26. The van der Waals surface area contributed by atoms with Crippen molar-refractivity contribution in [1.82, 2.24) is 5.32 Å². The van der Waals surface area contributed by atoms with Crippen LogP contribution in [0, 0.1) is 0 Å². The lowest BCUT2D eigenvalue weighted by Gasteiger charge is -2.16. The van der Waals surface area contributed by atoms with Crippen LogP contribution in [-0.4, -0.2) is 36.7 Å². The predicted octanol–water partition coefficient (Wildman–Crippen LogP) is 3.30. The zero-order valence-electron chi connectivity index (χ0n) is 12.8. The molecule has 3 nitrogen and oxygen atoms in total. The first-order valence-corrected chi connectivity index (χ1v) is 8.44. The highest BCUT2D eigenvalue weighted by atomic mass is 32.2. The summed E-state index contributed by atoms with van der Waals surface area (Å²) in [5, 5.41) is 15.4. The molecule has 2 aromatic carbocycles. The van der Waals surface area contributed by atoms with E-state index in [1.807, 2.05) is 18.2 Å². The summed E-state index contributed by atoms with van der Waals surface area (Å²) in [4.78, 5) is 1.24. The van der Waals surface area contributed by atoms with Crippen LogP contribution in [0.15, 0.2) is 41.3 Å². The van der Waals surface area contributed by atoms with E-state index in [0.717, 1.165) is 11.1 Å². The molecule has 2 N–H and O–H groups in total. The molecule has 114 valence electrons. The number of benzene rings is 2. The van der Waals surface area contributed by atoms with Crippen LogP contribution in [0.3, 0.4) is 0 Å². The molecule has 0 radical (unpaired) electrons. The summed E-state index contributed by atoms with van der Waals surface area (Å²) in [5.74, 6) is 0.826. The number of ether oxygens (including phenoxy) is 1. The maximum Gasteiger partial charge on any atom is 0.127 e. The Morgan fingerprint density at radius 1 is 1.14 bits per heavy atom. The zero-order chi connectivity index (χ0) is 15.2. The highest BCUT2D eigenvalue weighted by molar-refractivity contribution is 7.98. The molecule has 0 aliphatic heterocycles. The molecule has 0 saturated carbocycles. The predicted molar refractivity (Wildman–Crippen MR) is 90.4 cm³/mol. The normalized spacial score (nSPS) is 12.8. The highest BCUT2D eigenvalue weighted by Crippen LogP contribution is 2.32. The smallest absolute Gasteiger partial charge is 0.127 e. The summed E-state index contributed by atoms with van der Waals surface area (Å²) in [6.45, 7) is 4.95. The number of aliphatic hydroxyl groups is 1. The molecule has 0 fully saturated rings. The molecule has 0 aromatic heterocycles. The second kappa shape index (κ2) is 7.69. The third-order valence-corrected chi connectivity index (χ3v) is 4.05. The molecule has 2 rings (SSSR count). The zero-order valence-corrected chi connectivity index (χ0v) is 13.6. The Bertz CT molecular complexity index is 586. The van der Waals surface area contributed by atoms with Crippen molar-refractivity contribution in [1.29, 1.82) is 0 Å². The monoisotopic (exact) mass is 305 g/mol. The number of hydrogen-bond acceptors (Lipinski definition) is 4. The molecule has 0 spiro atoms. The van der Waals surface area contributed by atoms with Crippen molar-refractivity contribution in [2.45, 2.75) is 30.9 Å². The van der Waals surface area contributed by atoms with Crippen molar-refractivity contribution in [3.05, 3.63) is 36.4 Å². The van der Waals surface area contributed by atoms with Crippen LogP contribution in [0.4, 0.5) is 0 Å². The number of fused-ring (bicyclic) bond motifs is 1. The second-order valence-corrected chi connectivity index (χ2v) is 6.19. The van der Waals surface area contributed by atoms with Crippen molar-refractivity contribution in [2.24, 2.45) is 0 Å². The Hall–Kier alpha value is -1.23. The second-order valence-electron chi connectivity index (χ2n) is 5.34. The fourth-order valence-electron chi connectivity index (χ4n) is 2.16. The Morgan fingerprint density at radius 2 is 1.86 bits per heavy atom. The van der Waals surface area contributed by atoms with E-state index in [1.54, 1.807) is 11.8 Å². The van der Waals surface area contributed by atoms with Gasteiger partial charge in [0.15, 0.2) is 0 Å². The number of thioether (sulfide) groups is 1. The van der Waals surface area contributed by atoms with Gasteiger partial charge in [-0.3, -0.25) is 0 Å². The van der Waals surface area contributed by atoms with E-state index in [2.05, 4.69) is 43.6 Å². The highest BCUT2D eigenvalue weighted by Gasteiger charge is 2.09. The molecule has 1 atom stereocenters. The van der Waals surface area contributed by atoms with E-state index < -0.39 is 6.10 Å². The summed E-state index contributed by atoms with van der Waals surface area (Å²) in [5.41, 5.74) is 0. The molecule has 0 bridgehead atoms. The average Bonchev–Trinajstić information content (AvgIpc) is 2.50. The minimum Gasteiger partial charge on any atom is -0.490 e. The van der Waals surface area contributed by atoms with E-state index in [1.165, 1.54) is 10.3 Å². The van der Waals surface area contributed by atoms with Crippen LogP contribution >= 0.6 is 11.8 Å². The Balaban J connectivity index is 2.09. The van der Waals surface area contributed by atoms with Gasteiger partial charge in [0, 0.05) is 22.9 Å². The van der Waals surface area contributed by atoms with Crippen LogP contribution in [0.25, 0.3) is 10.8 Å². The first-order chi connectivity index (χ1) is 10.1. The Labute approximate surface area is 130 Å². The maximum atomic E-state index is 9.94. The molecule has 0 unspecified atom stereocenters. The summed E-state index contributed by atoms with van der Waals surface area (Å²) in [6.07, 6.45) is 1.57. The Morgan fingerprint density at radius 3 is 2.52 bits per heavy atom. The molecule has 0 amide bonds. The van der Waals surface area contributed by atoms with Gasteiger partial charge < -0.3 is 15.2 Å². The number of rotatable bonds is 7. The van der Waals surface area contributed by atoms with Crippen molar-refractivity contribution in [3.63, 3.8) is 0 Å². The standard InChI is InChI=1S/C17H23NO2S/c1-12(2)18-10-13(19)11-20-16-8-9-17(21-3)15-7-5-4-6-14(15)16/h4-9,12-13,18-19H,10-11H2,1-3H3/t13-/m0/s1. The number of nitrogens with one attached hydrogen (secondary N) is 1. The largest absolute Gasteiger partial charge is 0.490 e. The van der Waals surface area contributed by atoms with Gasteiger partial charge >= 0.3 is 0 Å². The third kappa shape index (κ3) is 4.37. The van der Waals surface area contributed by atoms with Crippen molar-refractivity contribution in [3.8, 4) is 5.75 Å². The van der Waals surface area contributed by atoms with E-state index >= 15 is 0 Å². The SMILES string of the molecule is CSc1ccc(OC[C@@H](O)CNC(C)C)c2ccccc12. The van der Waals surface area contributed by atoms with Gasteiger partial charge in [-0.2, -0.15) is 0 Å². The summed E-state index contributed by atoms with van der Waals surface area (Å²) < 4.78 is 5.81. The fraction of sp³-hybridized carbons (Fsp3) is 0.412. The van der Waals surface area contributed by atoms with Crippen molar-refractivity contribution >= 4 is 22.5 Å². The molecule has 2 aromatic rings. The van der Waals surface area contributed by atoms with E-state index in [0.29, 0.717) is 19.2 Å². The first kappa shape index (κ1) is 16.1. The van der Waals surface area contributed by atoms with Crippen LogP contribution in [0.5, 0.6) is 5.75 Å². The molecule has 0 aliphatic rings. The number of aliphatic hydroxyl groups excluding tert-OH is 1. The van der Waals surface area contributed by atoms with E-state index in [9.17, 15) is 5.11 Å². The number of hydrogen-bond donors (Lipinski definition) is 2. The molecule has 21 heavy (non-hydrogen) atoms. The maximum absolute atomic E-state index is 9.94. The average molecular weight is 305 g/mol. The van der Waals surface area contributed by atoms with Gasteiger partial charge in [0.1, 0.15) is 18.5 Å². The lowest BCUT2D eigenvalue weighted by atomic mass is 10.1. The topological polar surface area (TPSA) is 41.5 Å². The first-order valence-electron chi connectivity index (χ1n) is 7.21. The molecule has 4 heteroatoms. The van der Waals surface area contributed by atoms with Gasteiger partial charge in [-0.25, -0.2) is 0 Å². The lowest BCUT2D eigenvalue weighted by molar-refractivity contribution is 0.105. The van der Waals surface area contributed by atoms with E-state index in [4.69, 9.17) is 4.74 Å². The lowest BCUT2D eigenvalue weighted by Crippen LogP contribution is -2.35. The minimum atomic E-state index is -0.508. The van der Waals surface area contributed by atoms with Crippen molar-refractivity contribution < 1.29 is 9.84 Å². The van der Waals surface area contributed by atoms with Crippen LogP contribution in [0.2, 0.25) is 0 Å². The van der Waals surface area contributed by atoms with Crippen molar-refractivity contribution in [2.75, 3.05) is 19.4 Å². The Kier molecular flexibility index (Phi) is 5.91. The van der Waals surface area contributed by atoms with Gasteiger partial charge in [0.05, 0.1) is 0 Å². The molecular weight excluding hydrogens is 282 g/mol. The van der Waals surface area contributed by atoms with Gasteiger partial charge in [-0.05, 0) is 23.8 Å². The van der Waals surface area contributed by atoms with Crippen LogP contribution in [-0.2, 0) is 0 Å². The van der Waals surface area contributed by atoms with Gasteiger partial charge in [0.2, 0.25) is 0 Å². The van der Waals surface area contributed by atoms with E-state index in [-0.39, 0.29) is 0 Å². The summed E-state index contributed by atoms with van der Waals surface area (Å²) >= 11 is 1.73. The summed E-state index contributed by atoms with van der Waals surface area (Å²) in [7, 11) is 0. The minimum absolute atomic E-state index is 0.294. The van der Waals surface area contributed by atoms with Crippen LogP contribution < -0.4 is 10.1 Å². The molecule has 0 heterocycles. The van der Waals surface area contributed by atoms with Gasteiger partial charge in [0.25, 0.3) is 0 Å². The molecular formula is C17H23NO2S. The van der Waals surface area contributed by atoms with Crippen LogP contribution in [0.1, 0.15) is 13.8 Å². The summed E-state index contributed by atoms with van der Waals surface area (Å²) in [6, 6.07) is 12.6. The van der Waals surface area contributed by atoms with Gasteiger partial charge in [-0.1, -0.05) is 38.1 Å².